The number of hydrogen-bond acceptors (Lipinski definition) is 3. The number of rotatable bonds is 6. The predicted octanol–water partition coefficient (Wildman–Crippen LogP) is 12.7. The van der Waals surface area contributed by atoms with Crippen LogP contribution in [0.25, 0.3) is 66.9 Å². The third kappa shape index (κ3) is 5.55. The fraction of sp³-hybridized carbons (Fsp3) is 0.0400. The van der Waals surface area contributed by atoms with E-state index in [1.807, 2.05) is 24.3 Å². The Morgan fingerprint density at radius 1 is 0.415 bits per heavy atom. The maximum atomic E-state index is 5.15. The number of allylic oxidation sites excluding steroid dienone is 2. The summed E-state index contributed by atoms with van der Waals surface area (Å²) in [6, 6.07) is 62.9. The maximum Gasteiger partial charge on any atom is 0.160 e. The van der Waals surface area contributed by atoms with Crippen molar-refractivity contribution in [3.05, 3.63) is 206 Å². The van der Waals surface area contributed by atoms with E-state index < -0.39 is 0 Å². The first-order valence-corrected chi connectivity index (χ1v) is 18.2. The van der Waals surface area contributed by atoms with Gasteiger partial charge in [0.25, 0.3) is 0 Å². The molecule has 0 bridgehead atoms. The molecule has 0 fully saturated rings. The van der Waals surface area contributed by atoms with Crippen molar-refractivity contribution >= 4 is 22.1 Å². The second-order valence-electron chi connectivity index (χ2n) is 13.7. The van der Waals surface area contributed by atoms with Crippen molar-refractivity contribution < 1.29 is 0 Å². The average Bonchev–Trinajstić information content (AvgIpc) is 3.58. The molecule has 2 heterocycles. The molecule has 0 saturated carbocycles. The fourth-order valence-corrected chi connectivity index (χ4v) is 8.08. The fourth-order valence-electron chi connectivity index (χ4n) is 8.08. The van der Waals surface area contributed by atoms with Gasteiger partial charge < -0.3 is 4.90 Å². The van der Waals surface area contributed by atoms with E-state index in [0.717, 1.165) is 39.3 Å². The van der Waals surface area contributed by atoms with Gasteiger partial charge in [-0.2, -0.15) is 0 Å². The van der Waals surface area contributed by atoms with E-state index in [1.54, 1.807) is 0 Å². The van der Waals surface area contributed by atoms with Crippen LogP contribution in [0, 0.1) is 0 Å². The second kappa shape index (κ2) is 13.0. The van der Waals surface area contributed by atoms with Crippen molar-refractivity contribution in [2.45, 2.75) is 12.0 Å². The Morgan fingerprint density at radius 3 is 1.75 bits per heavy atom. The minimum Gasteiger partial charge on any atom is -0.333 e. The van der Waals surface area contributed by atoms with Gasteiger partial charge in [0.2, 0.25) is 0 Å². The van der Waals surface area contributed by atoms with Crippen molar-refractivity contribution in [1.29, 1.82) is 0 Å². The first kappa shape index (κ1) is 30.9. The summed E-state index contributed by atoms with van der Waals surface area (Å²) in [5.41, 5.74) is 13.6. The van der Waals surface area contributed by atoms with Crippen LogP contribution in [0.3, 0.4) is 0 Å². The minimum atomic E-state index is 0.281. The summed E-state index contributed by atoms with van der Waals surface area (Å²) in [6.07, 6.45) is 9.03. The predicted molar refractivity (Wildman–Crippen MR) is 220 cm³/mol. The standard InChI is InChI=1S/C50H35N3/c1-4-14-36(15-5-1)46-33-47(52-50(51-46)37-16-6-2-7-17-37)43-31-30-40(41-20-10-11-21-42(41)43)35-26-24-34(25-27-35)38-28-29-45-44-22-12-13-23-48(44)53(49(45)32-38)39-18-8-3-9-19-39/h1-33,44,48H. The largest absolute Gasteiger partial charge is 0.333 e. The molecule has 1 aromatic heterocycles. The van der Waals surface area contributed by atoms with E-state index in [-0.39, 0.29) is 6.04 Å². The van der Waals surface area contributed by atoms with E-state index in [0.29, 0.717) is 5.92 Å². The highest BCUT2D eigenvalue weighted by atomic mass is 15.2. The Kier molecular flexibility index (Phi) is 7.62. The van der Waals surface area contributed by atoms with Crippen LogP contribution in [0.1, 0.15) is 11.5 Å². The van der Waals surface area contributed by atoms with Crippen LogP contribution in [0.2, 0.25) is 0 Å². The van der Waals surface area contributed by atoms with Gasteiger partial charge in [-0.05, 0) is 62.9 Å². The summed E-state index contributed by atoms with van der Waals surface area (Å²) < 4.78 is 0. The molecule has 0 saturated heterocycles. The van der Waals surface area contributed by atoms with Crippen LogP contribution < -0.4 is 4.90 Å². The van der Waals surface area contributed by atoms with Gasteiger partial charge in [0, 0.05) is 34.0 Å². The number of aromatic nitrogens is 2. The maximum absolute atomic E-state index is 5.15. The van der Waals surface area contributed by atoms with Crippen molar-refractivity contribution in [2.24, 2.45) is 0 Å². The molecule has 0 spiro atoms. The van der Waals surface area contributed by atoms with Crippen LogP contribution in [0.4, 0.5) is 11.4 Å². The van der Waals surface area contributed by atoms with Crippen molar-refractivity contribution in [2.75, 3.05) is 4.90 Å². The molecule has 2 aliphatic rings. The monoisotopic (exact) mass is 677 g/mol. The van der Waals surface area contributed by atoms with Gasteiger partial charge in [0.15, 0.2) is 5.82 Å². The molecule has 1 aliphatic carbocycles. The molecule has 3 heteroatoms. The van der Waals surface area contributed by atoms with Crippen LogP contribution in [0.15, 0.2) is 200 Å². The SMILES string of the molecule is C1=CC2c3ccc(-c4ccc(-c5ccc(-c6cc(-c7ccccc7)nc(-c7ccccc7)n6)c6ccccc56)cc4)cc3N(c3ccccc3)C2C=C1. The van der Waals surface area contributed by atoms with Crippen LogP contribution in [-0.2, 0) is 0 Å². The second-order valence-corrected chi connectivity index (χ2v) is 13.7. The Morgan fingerprint density at radius 2 is 1.00 bits per heavy atom. The van der Waals surface area contributed by atoms with Crippen molar-refractivity contribution in [1.82, 2.24) is 9.97 Å². The molecule has 2 unspecified atom stereocenters. The van der Waals surface area contributed by atoms with Crippen molar-refractivity contribution in [3.63, 3.8) is 0 Å². The number of benzene rings is 7. The molecule has 250 valence electrons. The van der Waals surface area contributed by atoms with Gasteiger partial charge in [-0.25, -0.2) is 9.97 Å². The van der Waals surface area contributed by atoms with Gasteiger partial charge in [-0.1, -0.05) is 176 Å². The minimum absolute atomic E-state index is 0.281. The summed E-state index contributed by atoms with van der Waals surface area (Å²) >= 11 is 0. The Hall–Kier alpha value is -6.84. The van der Waals surface area contributed by atoms with E-state index >= 15 is 0 Å². The first-order valence-electron chi connectivity index (χ1n) is 18.2. The molecule has 7 aromatic carbocycles. The van der Waals surface area contributed by atoms with Gasteiger partial charge >= 0.3 is 0 Å². The molecule has 0 amide bonds. The molecule has 1 aliphatic heterocycles. The molecule has 8 aromatic rings. The van der Waals surface area contributed by atoms with E-state index in [4.69, 9.17) is 9.97 Å². The summed E-state index contributed by atoms with van der Waals surface area (Å²) in [4.78, 5) is 12.7. The van der Waals surface area contributed by atoms with Crippen LogP contribution >= 0.6 is 0 Å². The molecular formula is C50H35N3. The average molecular weight is 678 g/mol. The third-order valence-corrected chi connectivity index (χ3v) is 10.6. The Bertz CT molecular complexity index is 2600. The smallest absolute Gasteiger partial charge is 0.160 e. The lowest BCUT2D eigenvalue weighted by Crippen LogP contribution is -2.28. The third-order valence-electron chi connectivity index (χ3n) is 10.6. The van der Waals surface area contributed by atoms with Gasteiger partial charge in [0.05, 0.1) is 17.4 Å². The number of nitrogens with zero attached hydrogens (tertiary/aromatic N) is 3. The summed E-state index contributed by atoms with van der Waals surface area (Å²) in [7, 11) is 0. The van der Waals surface area contributed by atoms with Gasteiger partial charge in [-0.3, -0.25) is 0 Å². The molecular weight excluding hydrogens is 643 g/mol. The lowest BCUT2D eigenvalue weighted by atomic mass is 9.90. The molecule has 53 heavy (non-hydrogen) atoms. The van der Waals surface area contributed by atoms with E-state index in [2.05, 4.69) is 181 Å². The summed E-state index contributed by atoms with van der Waals surface area (Å²) in [5.74, 6) is 1.07. The van der Waals surface area contributed by atoms with E-state index in [9.17, 15) is 0 Å². The molecule has 0 radical (unpaired) electrons. The summed E-state index contributed by atoms with van der Waals surface area (Å²) in [6.45, 7) is 0. The molecule has 10 rings (SSSR count). The van der Waals surface area contributed by atoms with Crippen molar-refractivity contribution in [3.8, 4) is 56.2 Å². The zero-order chi connectivity index (χ0) is 35.1. The normalized spacial score (nSPS) is 15.7. The summed E-state index contributed by atoms with van der Waals surface area (Å²) in [5, 5.41) is 2.36. The topological polar surface area (TPSA) is 29.0 Å². The molecule has 2 atom stereocenters. The highest BCUT2D eigenvalue weighted by molar-refractivity contribution is 6.05. The van der Waals surface area contributed by atoms with E-state index in [1.165, 1.54) is 44.6 Å². The molecule has 3 nitrogen and oxygen atoms in total. The highest BCUT2D eigenvalue weighted by Gasteiger charge is 2.37. The van der Waals surface area contributed by atoms with Gasteiger partial charge in [0.1, 0.15) is 0 Å². The molecule has 0 N–H and O–H groups in total. The zero-order valence-corrected chi connectivity index (χ0v) is 29.0. The Balaban J connectivity index is 1.03. The van der Waals surface area contributed by atoms with Crippen LogP contribution in [-0.4, -0.2) is 16.0 Å². The number of anilines is 2. The number of hydrogen-bond donors (Lipinski definition) is 0. The first-order chi connectivity index (χ1) is 26.3. The lowest BCUT2D eigenvalue weighted by Gasteiger charge is -2.28. The number of fused-ring (bicyclic) bond motifs is 4. The quantitative estimate of drug-likeness (QED) is 0.175. The lowest BCUT2D eigenvalue weighted by molar-refractivity contribution is 0.745. The van der Waals surface area contributed by atoms with Crippen LogP contribution in [0.5, 0.6) is 0 Å². The number of para-hydroxylation sites is 1. The zero-order valence-electron chi connectivity index (χ0n) is 29.0. The van der Waals surface area contributed by atoms with Gasteiger partial charge in [-0.15, -0.1) is 0 Å². The highest BCUT2D eigenvalue weighted by Crippen LogP contribution is 2.49. The Labute approximate surface area is 309 Å².